The van der Waals surface area contributed by atoms with Gasteiger partial charge in [-0.3, -0.25) is 9.59 Å². The molecule has 0 radical (unpaired) electrons. The summed E-state index contributed by atoms with van der Waals surface area (Å²) in [7, 11) is 3.08. The van der Waals surface area contributed by atoms with E-state index in [0.29, 0.717) is 44.8 Å². The van der Waals surface area contributed by atoms with Gasteiger partial charge in [-0.05, 0) is 60.7 Å². The van der Waals surface area contributed by atoms with E-state index < -0.39 is 0 Å². The number of hydrogen-bond donors (Lipinski definition) is 4. The van der Waals surface area contributed by atoms with Gasteiger partial charge in [0.25, 0.3) is 11.8 Å². The van der Waals surface area contributed by atoms with Crippen LogP contribution in [-0.2, 0) is 0 Å². The fourth-order valence-electron chi connectivity index (χ4n) is 4.36. The number of phenols is 2. The van der Waals surface area contributed by atoms with E-state index >= 15 is 0 Å². The van der Waals surface area contributed by atoms with Gasteiger partial charge in [0.1, 0.15) is 23.0 Å². The Kier molecular flexibility index (Phi) is 6.45. The van der Waals surface area contributed by atoms with Crippen molar-refractivity contribution in [3.8, 4) is 23.0 Å². The summed E-state index contributed by atoms with van der Waals surface area (Å²) < 4.78 is 10.3. The van der Waals surface area contributed by atoms with Gasteiger partial charge in [-0.1, -0.05) is 24.3 Å². The third-order valence-corrected chi connectivity index (χ3v) is 6.31. The Hall–Kier alpha value is -5.24. The molecule has 8 nitrogen and oxygen atoms in total. The van der Waals surface area contributed by atoms with Crippen molar-refractivity contribution >= 4 is 44.7 Å². The molecule has 0 aliphatic heterocycles. The standard InChI is InChI=1S/C30H24N2O6/c1-37-19-13-9-17(10-14-19)29(35)31-23-7-3-5-21-25(23)27(33)22-6-4-8-24(26(22)28(21)34)32-30(36)18-11-15-20(38-2)16-12-18/h3-16,33-34H,1-2H3,(H,31,35)(H,32,36). The maximum atomic E-state index is 12.9. The molecule has 5 aromatic rings. The molecule has 0 heterocycles. The van der Waals surface area contributed by atoms with Crippen molar-refractivity contribution in [3.63, 3.8) is 0 Å². The SMILES string of the molecule is COc1ccc(C(=O)Nc2cccc3c(O)c4c(NC(=O)c5ccc(OC)cc5)cccc4c(O)c23)cc1. The quantitative estimate of drug-likeness (QED) is 0.167. The summed E-state index contributed by atoms with van der Waals surface area (Å²) >= 11 is 0. The number of carbonyl (C=O) groups excluding carboxylic acids is 2. The van der Waals surface area contributed by atoms with Crippen LogP contribution in [0.15, 0.2) is 84.9 Å². The third-order valence-electron chi connectivity index (χ3n) is 6.31. The Labute approximate surface area is 218 Å². The predicted octanol–water partition coefficient (Wildman–Crippen LogP) is 5.93. The first-order chi connectivity index (χ1) is 18.4. The van der Waals surface area contributed by atoms with Gasteiger partial charge in [0.05, 0.1) is 36.4 Å². The first-order valence-corrected chi connectivity index (χ1v) is 11.7. The summed E-state index contributed by atoms with van der Waals surface area (Å²) in [5.74, 6) is 0.184. The molecule has 0 saturated carbocycles. The summed E-state index contributed by atoms with van der Waals surface area (Å²) in [5.41, 5.74) is 1.45. The molecule has 4 N–H and O–H groups in total. The number of phenolic OH excluding ortho intramolecular Hbond substituents is 2. The molecule has 5 rings (SSSR count). The maximum Gasteiger partial charge on any atom is 0.255 e. The summed E-state index contributed by atoms with van der Waals surface area (Å²) in [5, 5.41) is 29.4. The summed E-state index contributed by atoms with van der Waals surface area (Å²) in [6.45, 7) is 0. The lowest BCUT2D eigenvalue weighted by atomic mass is 9.98. The Balaban J connectivity index is 1.55. The van der Waals surface area contributed by atoms with Crippen LogP contribution in [0.3, 0.4) is 0 Å². The van der Waals surface area contributed by atoms with Crippen LogP contribution in [-0.4, -0.2) is 36.2 Å². The largest absolute Gasteiger partial charge is 0.507 e. The van der Waals surface area contributed by atoms with Crippen LogP contribution in [0.1, 0.15) is 20.7 Å². The highest BCUT2D eigenvalue weighted by atomic mass is 16.5. The van der Waals surface area contributed by atoms with Crippen molar-refractivity contribution in [2.24, 2.45) is 0 Å². The number of fused-ring (bicyclic) bond motifs is 2. The number of nitrogens with one attached hydrogen (secondary N) is 2. The first kappa shape index (κ1) is 24.5. The number of amides is 2. The van der Waals surface area contributed by atoms with E-state index in [1.807, 2.05) is 0 Å². The molecule has 0 bridgehead atoms. The van der Waals surface area contributed by atoms with E-state index in [1.165, 1.54) is 0 Å². The van der Waals surface area contributed by atoms with Gasteiger partial charge >= 0.3 is 0 Å². The number of rotatable bonds is 6. The average Bonchev–Trinajstić information content (AvgIpc) is 2.95. The van der Waals surface area contributed by atoms with E-state index in [4.69, 9.17) is 9.47 Å². The van der Waals surface area contributed by atoms with E-state index in [9.17, 15) is 19.8 Å². The van der Waals surface area contributed by atoms with E-state index in [-0.39, 0.29) is 34.1 Å². The smallest absolute Gasteiger partial charge is 0.255 e. The van der Waals surface area contributed by atoms with E-state index in [0.717, 1.165) is 0 Å². The van der Waals surface area contributed by atoms with Gasteiger partial charge in [-0.15, -0.1) is 0 Å². The van der Waals surface area contributed by atoms with Crippen LogP contribution < -0.4 is 20.1 Å². The molecule has 38 heavy (non-hydrogen) atoms. The molecule has 0 aromatic heterocycles. The number of methoxy groups -OCH3 is 2. The minimum absolute atomic E-state index is 0.140. The monoisotopic (exact) mass is 508 g/mol. The highest BCUT2D eigenvalue weighted by molar-refractivity contribution is 6.21. The third kappa shape index (κ3) is 4.39. The molecule has 0 unspecified atom stereocenters. The van der Waals surface area contributed by atoms with Gasteiger partial charge in [0.2, 0.25) is 0 Å². The second-order valence-corrected chi connectivity index (χ2v) is 8.52. The van der Waals surface area contributed by atoms with Crippen LogP contribution in [0.2, 0.25) is 0 Å². The van der Waals surface area contributed by atoms with Crippen molar-refractivity contribution in [3.05, 3.63) is 96.1 Å². The molecule has 8 heteroatoms. The number of anilines is 2. The number of aromatic hydroxyl groups is 2. The predicted molar refractivity (Wildman–Crippen MR) is 147 cm³/mol. The number of hydrogen-bond acceptors (Lipinski definition) is 6. The number of carbonyl (C=O) groups is 2. The first-order valence-electron chi connectivity index (χ1n) is 11.7. The second kappa shape index (κ2) is 10.0. The van der Waals surface area contributed by atoms with Crippen LogP contribution in [0.25, 0.3) is 21.5 Å². The van der Waals surface area contributed by atoms with E-state index in [2.05, 4.69) is 10.6 Å². The van der Waals surface area contributed by atoms with Crippen molar-refractivity contribution in [1.82, 2.24) is 0 Å². The molecule has 2 amide bonds. The normalized spacial score (nSPS) is 10.8. The number of ether oxygens (including phenoxy) is 2. The van der Waals surface area contributed by atoms with Crippen LogP contribution >= 0.6 is 0 Å². The molecule has 0 aliphatic carbocycles. The maximum absolute atomic E-state index is 12.9. The minimum Gasteiger partial charge on any atom is -0.507 e. The van der Waals surface area contributed by atoms with Crippen LogP contribution in [0.5, 0.6) is 23.0 Å². The zero-order chi connectivity index (χ0) is 26.8. The Morgan fingerprint density at radius 1 is 0.579 bits per heavy atom. The lowest BCUT2D eigenvalue weighted by molar-refractivity contribution is 0.101. The zero-order valence-corrected chi connectivity index (χ0v) is 20.6. The second-order valence-electron chi connectivity index (χ2n) is 8.52. The van der Waals surface area contributed by atoms with Crippen molar-refractivity contribution < 1.29 is 29.3 Å². The lowest BCUT2D eigenvalue weighted by Gasteiger charge is -2.16. The zero-order valence-electron chi connectivity index (χ0n) is 20.6. The Morgan fingerprint density at radius 2 is 0.947 bits per heavy atom. The highest BCUT2D eigenvalue weighted by Crippen LogP contribution is 2.47. The van der Waals surface area contributed by atoms with Gasteiger partial charge < -0.3 is 30.3 Å². The van der Waals surface area contributed by atoms with Crippen molar-refractivity contribution in [2.75, 3.05) is 24.9 Å². The van der Waals surface area contributed by atoms with Gasteiger partial charge in [-0.2, -0.15) is 0 Å². The van der Waals surface area contributed by atoms with Gasteiger partial charge in [0.15, 0.2) is 0 Å². The van der Waals surface area contributed by atoms with Crippen LogP contribution in [0.4, 0.5) is 11.4 Å². The molecule has 5 aromatic carbocycles. The fraction of sp³-hybridized carbons (Fsp3) is 0.0667. The molecule has 0 saturated heterocycles. The number of benzene rings is 5. The van der Waals surface area contributed by atoms with Gasteiger partial charge in [0, 0.05) is 21.9 Å². The molecule has 0 atom stereocenters. The molecular weight excluding hydrogens is 484 g/mol. The minimum atomic E-state index is -0.389. The highest BCUT2D eigenvalue weighted by Gasteiger charge is 2.20. The fourth-order valence-corrected chi connectivity index (χ4v) is 4.36. The summed E-state index contributed by atoms with van der Waals surface area (Å²) in [6, 6.07) is 23.1. The Morgan fingerprint density at radius 3 is 1.29 bits per heavy atom. The topological polar surface area (TPSA) is 117 Å². The van der Waals surface area contributed by atoms with E-state index in [1.54, 1.807) is 99.1 Å². The molecule has 190 valence electrons. The summed E-state index contributed by atoms with van der Waals surface area (Å²) in [6.07, 6.45) is 0. The van der Waals surface area contributed by atoms with Crippen molar-refractivity contribution in [2.45, 2.75) is 0 Å². The molecule has 0 fully saturated rings. The summed E-state index contributed by atoms with van der Waals surface area (Å²) in [4.78, 5) is 25.8. The Bertz CT molecular complexity index is 1550. The van der Waals surface area contributed by atoms with Crippen molar-refractivity contribution in [1.29, 1.82) is 0 Å². The molecule has 0 aliphatic rings. The van der Waals surface area contributed by atoms with Gasteiger partial charge in [-0.25, -0.2) is 0 Å². The average molecular weight is 509 g/mol. The molecular formula is C30H24N2O6. The lowest BCUT2D eigenvalue weighted by Crippen LogP contribution is -2.12. The van der Waals surface area contributed by atoms with Crippen LogP contribution in [0, 0.1) is 0 Å². The molecule has 0 spiro atoms.